The lowest BCUT2D eigenvalue weighted by atomic mass is 10.0. The van der Waals surface area contributed by atoms with Gasteiger partial charge in [-0.25, -0.2) is 4.79 Å². The molecule has 7 heteroatoms. The number of rotatable bonds is 5. The van der Waals surface area contributed by atoms with E-state index in [1.54, 1.807) is 18.4 Å². The Bertz CT molecular complexity index is 541. The van der Waals surface area contributed by atoms with Crippen LogP contribution in [0.25, 0.3) is 0 Å². The molecule has 1 aromatic rings. The van der Waals surface area contributed by atoms with E-state index < -0.39 is 5.97 Å². The van der Waals surface area contributed by atoms with Gasteiger partial charge in [0.25, 0.3) is 0 Å². The molecule has 6 nitrogen and oxygen atoms in total. The first-order valence-corrected chi connectivity index (χ1v) is 8.19. The zero-order valence-electron chi connectivity index (χ0n) is 13.2. The SMILES string of the molecule is CCOC(=O)c1ccsc1NC(=O)CN1CCOCC1(C)C. The van der Waals surface area contributed by atoms with Crippen molar-refractivity contribution in [3.8, 4) is 0 Å². The number of esters is 1. The van der Waals surface area contributed by atoms with Crippen LogP contribution in [0.5, 0.6) is 0 Å². The van der Waals surface area contributed by atoms with Gasteiger partial charge in [0.15, 0.2) is 0 Å². The van der Waals surface area contributed by atoms with E-state index >= 15 is 0 Å². The highest BCUT2D eigenvalue weighted by Crippen LogP contribution is 2.24. The van der Waals surface area contributed by atoms with E-state index in [0.29, 0.717) is 30.4 Å². The van der Waals surface area contributed by atoms with Crippen LogP contribution in [0.4, 0.5) is 5.00 Å². The topological polar surface area (TPSA) is 67.9 Å². The van der Waals surface area contributed by atoms with E-state index in [2.05, 4.69) is 24.1 Å². The average molecular weight is 326 g/mol. The molecule has 1 amide bonds. The normalized spacial score (nSPS) is 18.0. The van der Waals surface area contributed by atoms with Crippen molar-refractivity contribution < 1.29 is 19.1 Å². The molecular weight excluding hydrogens is 304 g/mol. The molecule has 0 aromatic carbocycles. The van der Waals surface area contributed by atoms with Crippen molar-refractivity contribution in [2.75, 3.05) is 38.2 Å². The number of nitrogens with one attached hydrogen (secondary N) is 1. The van der Waals surface area contributed by atoms with Gasteiger partial charge in [-0.2, -0.15) is 0 Å². The molecule has 1 aliphatic heterocycles. The smallest absolute Gasteiger partial charge is 0.341 e. The maximum absolute atomic E-state index is 12.3. The third kappa shape index (κ3) is 4.06. The van der Waals surface area contributed by atoms with Crippen molar-refractivity contribution >= 4 is 28.2 Å². The second kappa shape index (κ2) is 7.21. The monoisotopic (exact) mass is 326 g/mol. The van der Waals surface area contributed by atoms with Crippen LogP contribution < -0.4 is 5.32 Å². The van der Waals surface area contributed by atoms with Gasteiger partial charge in [-0.3, -0.25) is 9.69 Å². The summed E-state index contributed by atoms with van der Waals surface area (Å²) in [5.74, 6) is -0.547. The summed E-state index contributed by atoms with van der Waals surface area (Å²) in [6.07, 6.45) is 0. The number of nitrogens with zero attached hydrogens (tertiary/aromatic N) is 1. The first kappa shape index (κ1) is 16.9. The highest BCUT2D eigenvalue weighted by molar-refractivity contribution is 7.14. The fraction of sp³-hybridized carbons (Fsp3) is 0.600. The average Bonchev–Trinajstić information content (AvgIpc) is 2.89. The summed E-state index contributed by atoms with van der Waals surface area (Å²) in [5.41, 5.74) is 0.232. The molecule has 1 aromatic heterocycles. The number of carbonyl (C=O) groups is 2. The van der Waals surface area contributed by atoms with E-state index in [1.807, 2.05) is 0 Å². The molecule has 0 radical (unpaired) electrons. The summed E-state index contributed by atoms with van der Waals surface area (Å²) in [7, 11) is 0. The molecule has 0 atom stereocenters. The van der Waals surface area contributed by atoms with Crippen LogP contribution in [-0.4, -0.2) is 55.2 Å². The fourth-order valence-corrected chi connectivity index (χ4v) is 3.09. The first-order chi connectivity index (χ1) is 10.4. The number of hydrogen-bond acceptors (Lipinski definition) is 6. The van der Waals surface area contributed by atoms with Crippen molar-refractivity contribution in [2.24, 2.45) is 0 Å². The van der Waals surface area contributed by atoms with Crippen molar-refractivity contribution in [1.29, 1.82) is 0 Å². The zero-order valence-corrected chi connectivity index (χ0v) is 14.0. The molecule has 122 valence electrons. The van der Waals surface area contributed by atoms with Gasteiger partial charge in [-0.15, -0.1) is 11.3 Å². The summed E-state index contributed by atoms with van der Waals surface area (Å²) in [6, 6.07) is 1.66. The third-order valence-electron chi connectivity index (χ3n) is 3.56. The predicted octanol–water partition coefficient (Wildman–Crippen LogP) is 1.97. The van der Waals surface area contributed by atoms with E-state index in [4.69, 9.17) is 9.47 Å². The third-order valence-corrected chi connectivity index (χ3v) is 4.39. The Balaban J connectivity index is 1.98. The Morgan fingerprint density at radius 2 is 2.27 bits per heavy atom. The molecule has 22 heavy (non-hydrogen) atoms. The minimum atomic E-state index is -0.411. The lowest BCUT2D eigenvalue weighted by Gasteiger charge is -2.41. The fourth-order valence-electron chi connectivity index (χ4n) is 2.30. The van der Waals surface area contributed by atoms with Crippen LogP contribution in [0.15, 0.2) is 11.4 Å². The second-order valence-corrected chi connectivity index (χ2v) is 6.63. The molecule has 1 aliphatic rings. The summed E-state index contributed by atoms with van der Waals surface area (Å²) in [6.45, 7) is 8.39. The van der Waals surface area contributed by atoms with Crippen molar-refractivity contribution in [2.45, 2.75) is 26.3 Å². The molecule has 0 unspecified atom stereocenters. The van der Waals surface area contributed by atoms with E-state index in [0.717, 1.165) is 6.54 Å². The highest BCUT2D eigenvalue weighted by Gasteiger charge is 2.32. The molecule has 0 saturated carbocycles. The summed E-state index contributed by atoms with van der Waals surface area (Å²) in [5, 5.41) is 5.11. The van der Waals surface area contributed by atoms with Gasteiger partial charge in [-0.05, 0) is 32.2 Å². The maximum atomic E-state index is 12.3. The minimum Gasteiger partial charge on any atom is -0.462 e. The number of morpholine rings is 1. The van der Waals surface area contributed by atoms with Crippen LogP contribution in [0.2, 0.25) is 0 Å². The Labute approximate surface area is 134 Å². The molecule has 0 aliphatic carbocycles. The largest absolute Gasteiger partial charge is 0.462 e. The second-order valence-electron chi connectivity index (χ2n) is 5.72. The predicted molar refractivity (Wildman–Crippen MR) is 85.4 cm³/mol. The molecule has 0 bridgehead atoms. The van der Waals surface area contributed by atoms with Crippen molar-refractivity contribution in [3.63, 3.8) is 0 Å². The van der Waals surface area contributed by atoms with Gasteiger partial charge in [-0.1, -0.05) is 0 Å². The number of amides is 1. The van der Waals surface area contributed by atoms with Gasteiger partial charge < -0.3 is 14.8 Å². The van der Waals surface area contributed by atoms with E-state index in [-0.39, 0.29) is 18.0 Å². The van der Waals surface area contributed by atoms with Gasteiger partial charge in [0.2, 0.25) is 5.91 Å². The molecule has 1 N–H and O–H groups in total. The summed E-state index contributed by atoms with van der Waals surface area (Å²) in [4.78, 5) is 26.2. The highest BCUT2D eigenvalue weighted by atomic mass is 32.1. The number of carbonyl (C=O) groups excluding carboxylic acids is 2. The van der Waals surface area contributed by atoms with Crippen LogP contribution in [0, 0.1) is 0 Å². The standard InChI is InChI=1S/C15H22N2O4S/c1-4-21-14(19)11-5-8-22-13(11)16-12(18)9-17-6-7-20-10-15(17,2)3/h5,8H,4,6-7,9-10H2,1-3H3,(H,16,18). The molecule has 0 spiro atoms. The molecule has 2 rings (SSSR count). The Morgan fingerprint density at radius 1 is 1.50 bits per heavy atom. The lowest BCUT2D eigenvalue weighted by Crippen LogP contribution is -2.55. The van der Waals surface area contributed by atoms with Gasteiger partial charge in [0.1, 0.15) is 5.00 Å². The number of hydrogen-bond donors (Lipinski definition) is 1. The molecule has 1 saturated heterocycles. The molecule has 2 heterocycles. The van der Waals surface area contributed by atoms with Crippen LogP contribution in [-0.2, 0) is 14.3 Å². The number of thiophene rings is 1. The molecule has 1 fully saturated rings. The van der Waals surface area contributed by atoms with Crippen LogP contribution in [0.3, 0.4) is 0 Å². The van der Waals surface area contributed by atoms with Crippen LogP contribution >= 0.6 is 11.3 Å². The van der Waals surface area contributed by atoms with E-state index in [1.165, 1.54) is 11.3 Å². The number of ether oxygens (including phenoxy) is 2. The molecular formula is C15H22N2O4S. The Kier molecular flexibility index (Phi) is 5.55. The number of anilines is 1. The van der Waals surface area contributed by atoms with Crippen LogP contribution in [0.1, 0.15) is 31.1 Å². The van der Waals surface area contributed by atoms with Gasteiger partial charge in [0.05, 0.1) is 31.9 Å². The Morgan fingerprint density at radius 3 is 2.95 bits per heavy atom. The maximum Gasteiger partial charge on any atom is 0.341 e. The minimum absolute atomic E-state index is 0.136. The lowest BCUT2D eigenvalue weighted by molar-refractivity contribution is -0.122. The zero-order chi connectivity index (χ0) is 16.2. The van der Waals surface area contributed by atoms with Gasteiger partial charge in [0, 0.05) is 12.1 Å². The van der Waals surface area contributed by atoms with Crippen molar-refractivity contribution in [3.05, 3.63) is 17.0 Å². The summed E-state index contributed by atoms with van der Waals surface area (Å²) < 4.78 is 10.4. The first-order valence-electron chi connectivity index (χ1n) is 7.31. The van der Waals surface area contributed by atoms with E-state index in [9.17, 15) is 9.59 Å². The quantitative estimate of drug-likeness (QED) is 0.838. The van der Waals surface area contributed by atoms with Crippen molar-refractivity contribution in [1.82, 2.24) is 4.90 Å². The van der Waals surface area contributed by atoms with Gasteiger partial charge >= 0.3 is 5.97 Å². The Hall–Kier alpha value is -1.44. The summed E-state index contributed by atoms with van der Waals surface area (Å²) >= 11 is 1.32.